The number of hydrogen-bond acceptors (Lipinski definition) is 4. The second-order valence-electron chi connectivity index (χ2n) is 2.89. The third kappa shape index (κ3) is 2.54. The first kappa shape index (κ1) is 11.7. The quantitative estimate of drug-likeness (QED) is 0.622. The first-order valence-electron chi connectivity index (χ1n) is 4.02. The zero-order chi connectivity index (χ0) is 11.6. The molecule has 0 saturated carbocycles. The molecule has 1 aromatic rings. The van der Waals surface area contributed by atoms with Gasteiger partial charge in [-0.15, -0.1) is 0 Å². The lowest BCUT2D eigenvalue weighted by Gasteiger charge is -2.06. The van der Waals surface area contributed by atoms with E-state index in [4.69, 9.17) is 9.29 Å². The summed E-state index contributed by atoms with van der Waals surface area (Å²) < 4.78 is 35.5. The highest BCUT2D eigenvalue weighted by Crippen LogP contribution is 2.21. The molecule has 0 radical (unpaired) electrons. The van der Waals surface area contributed by atoms with Crippen LogP contribution in [0, 0.1) is 0 Å². The standard InChI is InChI=1S/C9H10O5S/c1-6(10)8-5-7(14-2)3-4-9(8)15(11,12)13/h3-5H,1-2H3,(H,11,12,13). The molecule has 0 atom stereocenters. The molecule has 1 aromatic carbocycles. The minimum atomic E-state index is -4.38. The predicted octanol–water partition coefficient (Wildman–Crippen LogP) is 1.14. The SMILES string of the molecule is COc1ccc(S(=O)(=O)O)c(C(C)=O)c1. The highest BCUT2D eigenvalue weighted by molar-refractivity contribution is 7.86. The normalized spacial score (nSPS) is 11.1. The zero-order valence-electron chi connectivity index (χ0n) is 8.22. The van der Waals surface area contributed by atoms with Crippen LogP contribution in [0.25, 0.3) is 0 Å². The van der Waals surface area contributed by atoms with E-state index in [0.29, 0.717) is 5.75 Å². The van der Waals surface area contributed by atoms with Crippen molar-refractivity contribution in [3.05, 3.63) is 23.8 Å². The van der Waals surface area contributed by atoms with Gasteiger partial charge in [-0.1, -0.05) is 0 Å². The number of methoxy groups -OCH3 is 1. The molecular formula is C9H10O5S. The number of carbonyl (C=O) groups excluding carboxylic acids is 1. The fourth-order valence-corrected chi connectivity index (χ4v) is 1.86. The van der Waals surface area contributed by atoms with Crippen LogP contribution in [-0.4, -0.2) is 25.9 Å². The van der Waals surface area contributed by atoms with E-state index in [1.165, 1.54) is 26.2 Å². The summed E-state index contributed by atoms with van der Waals surface area (Å²) in [5.41, 5.74) is -0.0862. The molecule has 6 heteroatoms. The third-order valence-electron chi connectivity index (χ3n) is 1.84. The number of hydrogen-bond donors (Lipinski definition) is 1. The molecular weight excluding hydrogens is 220 g/mol. The van der Waals surface area contributed by atoms with Gasteiger partial charge < -0.3 is 4.74 Å². The van der Waals surface area contributed by atoms with E-state index >= 15 is 0 Å². The monoisotopic (exact) mass is 230 g/mol. The minimum absolute atomic E-state index is 0.0862. The van der Waals surface area contributed by atoms with Gasteiger partial charge in [0.1, 0.15) is 10.6 Å². The summed E-state index contributed by atoms with van der Waals surface area (Å²) in [4.78, 5) is 10.7. The Hall–Kier alpha value is -1.40. The number of ether oxygens (including phenoxy) is 1. The summed E-state index contributed by atoms with van der Waals surface area (Å²) in [6.45, 7) is 1.21. The summed E-state index contributed by atoms with van der Waals surface area (Å²) >= 11 is 0. The third-order valence-corrected chi connectivity index (χ3v) is 2.76. The number of ketones is 1. The van der Waals surface area contributed by atoms with Crippen LogP contribution < -0.4 is 4.74 Å². The van der Waals surface area contributed by atoms with Gasteiger partial charge in [0.05, 0.1) is 7.11 Å². The van der Waals surface area contributed by atoms with Crippen molar-refractivity contribution in [1.82, 2.24) is 0 Å². The molecule has 0 unspecified atom stereocenters. The number of rotatable bonds is 3. The molecule has 1 rings (SSSR count). The molecule has 0 fully saturated rings. The Labute approximate surface area is 87.4 Å². The Morgan fingerprint density at radius 3 is 2.40 bits per heavy atom. The van der Waals surface area contributed by atoms with Crippen molar-refractivity contribution in [2.45, 2.75) is 11.8 Å². The van der Waals surface area contributed by atoms with Crippen LogP contribution in [0.5, 0.6) is 5.75 Å². The highest BCUT2D eigenvalue weighted by atomic mass is 32.2. The first-order valence-corrected chi connectivity index (χ1v) is 5.46. The average Bonchev–Trinajstić information content (AvgIpc) is 2.15. The average molecular weight is 230 g/mol. The van der Waals surface area contributed by atoms with E-state index in [1.54, 1.807) is 0 Å². The van der Waals surface area contributed by atoms with Gasteiger partial charge in [0.2, 0.25) is 0 Å². The first-order chi connectivity index (χ1) is 6.86. The van der Waals surface area contributed by atoms with Gasteiger partial charge in [0, 0.05) is 5.56 Å². The van der Waals surface area contributed by atoms with Gasteiger partial charge in [0.15, 0.2) is 5.78 Å². The molecule has 0 saturated heterocycles. The topological polar surface area (TPSA) is 80.7 Å². The molecule has 0 bridgehead atoms. The Balaban J connectivity index is 3.48. The van der Waals surface area contributed by atoms with Crippen LogP contribution in [0.15, 0.2) is 23.1 Å². The Kier molecular flexibility index (Phi) is 3.11. The maximum atomic E-state index is 11.1. The predicted molar refractivity (Wildman–Crippen MR) is 52.8 cm³/mol. The zero-order valence-corrected chi connectivity index (χ0v) is 9.04. The van der Waals surface area contributed by atoms with Gasteiger partial charge in [-0.05, 0) is 25.1 Å². The number of benzene rings is 1. The van der Waals surface area contributed by atoms with E-state index in [0.717, 1.165) is 6.07 Å². The van der Waals surface area contributed by atoms with Crippen molar-refractivity contribution in [3.8, 4) is 5.75 Å². The van der Waals surface area contributed by atoms with Crippen molar-refractivity contribution in [2.24, 2.45) is 0 Å². The lowest BCUT2D eigenvalue weighted by Crippen LogP contribution is -2.06. The van der Waals surface area contributed by atoms with Crippen molar-refractivity contribution in [3.63, 3.8) is 0 Å². The van der Waals surface area contributed by atoms with Crippen molar-refractivity contribution in [2.75, 3.05) is 7.11 Å². The van der Waals surface area contributed by atoms with Crippen LogP contribution in [0.2, 0.25) is 0 Å². The van der Waals surface area contributed by atoms with E-state index in [9.17, 15) is 13.2 Å². The van der Waals surface area contributed by atoms with Gasteiger partial charge >= 0.3 is 0 Å². The van der Waals surface area contributed by atoms with Crippen molar-refractivity contribution in [1.29, 1.82) is 0 Å². The second-order valence-corrected chi connectivity index (χ2v) is 4.28. The Morgan fingerprint density at radius 2 is 2.00 bits per heavy atom. The van der Waals surface area contributed by atoms with E-state index in [-0.39, 0.29) is 5.56 Å². The molecule has 0 spiro atoms. The maximum Gasteiger partial charge on any atom is 0.295 e. The van der Waals surface area contributed by atoms with Crippen LogP contribution in [0.3, 0.4) is 0 Å². The summed E-state index contributed by atoms with van der Waals surface area (Å²) in [5.74, 6) is -0.103. The van der Waals surface area contributed by atoms with Crippen LogP contribution in [-0.2, 0) is 10.1 Å². The fraction of sp³-hybridized carbons (Fsp3) is 0.222. The van der Waals surface area contributed by atoms with Crippen molar-refractivity contribution >= 4 is 15.9 Å². The maximum absolute atomic E-state index is 11.1. The molecule has 0 heterocycles. The fourth-order valence-electron chi connectivity index (χ4n) is 1.14. The van der Waals surface area contributed by atoms with Crippen LogP contribution >= 0.6 is 0 Å². The van der Waals surface area contributed by atoms with E-state index in [1.807, 2.05) is 0 Å². The van der Waals surface area contributed by atoms with Crippen LogP contribution in [0.4, 0.5) is 0 Å². The number of Topliss-reactive ketones (excluding diaryl/α,β-unsaturated/α-hetero) is 1. The summed E-state index contributed by atoms with van der Waals surface area (Å²) in [6.07, 6.45) is 0. The van der Waals surface area contributed by atoms with Gasteiger partial charge in [-0.3, -0.25) is 9.35 Å². The Morgan fingerprint density at radius 1 is 1.40 bits per heavy atom. The lowest BCUT2D eigenvalue weighted by atomic mass is 10.1. The molecule has 0 aliphatic heterocycles. The molecule has 0 aliphatic rings. The molecule has 15 heavy (non-hydrogen) atoms. The van der Waals surface area contributed by atoms with Gasteiger partial charge in [-0.2, -0.15) is 8.42 Å². The highest BCUT2D eigenvalue weighted by Gasteiger charge is 2.18. The van der Waals surface area contributed by atoms with Gasteiger partial charge in [-0.25, -0.2) is 0 Å². The van der Waals surface area contributed by atoms with E-state index in [2.05, 4.69) is 0 Å². The summed E-state index contributed by atoms with van der Waals surface area (Å²) in [7, 11) is -2.98. The van der Waals surface area contributed by atoms with Gasteiger partial charge in [0.25, 0.3) is 10.1 Å². The smallest absolute Gasteiger partial charge is 0.295 e. The molecule has 1 N–H and O–H groups in total. The minimum Gasteiger partial charge on any atom is -0.497 e. The number of carbonyl (C=O) groups is 1. The largest absolute Gasteiger partial charge is 0.497 e. The summed E-state index contributed by atoms with van der Waals surface area (Å²) in [6, 6.07) is 3.76. The van der Waals surface area contributed by atoms with E-state index < -0.39 is 20.8 Å². The molecule has 82 valence electrons. The second kappa shape index (κ2) is 4.00. The molecule has 0 aromatic heterocycles. The van der Waals surface area contributed by atoms with Crippen LogP contribution in [0.1, 0.15) is 17.3 Å². The lowest BCUT2D eigenvalue weighted by molar-refractivity contribution is 0.101. The molecule has 0 amide bonds. The molecule has 5 nitrogen and oxygen atoms in total. The van der Waals surface area contributed by atoms with Crippen molar-refractivity contribution < 1.29 is 22.5 Å². The molecule has 0 aliphatic carbocycles. The Bertz CT molecular complexity index is 489. The summed E-state index contributed by atoms with van der Waals surface area (Å²) in [5, 5.41) is 0.